The highest BCUT2D eigenvalue weighted by molar-refractivity contribution is 6.02. The molecule has 0 radical (unpaired) electrons. The van der Waals surface area contributed by atoms with Crippen molar-refractivity contribution >= 4 is 17.5 Å². The normalized spacial score (nSPS) is 17.6. The van der Waals surface area contributed by atoms with Crippen LogP contribution in [0.1, 0.15) is 48.7 Å². The number of hydrogen-bond donors (Lipinski definition) is 1. The second kappa shape index (κ2) is 7.43. The van der Waals surface area contributed by atoms with Crippen molar-refractivity contribution in [3.8, 4) is 0 Å². The minimum Gasteiger partial charge on any atom is -0.338 e. The molecular weight excluding hydrogens is 300 g/mol. The number of nitrogens with zero attached hydrogens (tertiary/aromatic N) is 3. The summed E-state index contributed by atoms with van der Waals surface area (Å²) in [7, 11) is 0. The van der Waals surface area contributed by atoms with E-state index in [0.29, 0.717) is 17.7 Å². The third kappa shape index (κ3) is 3.72. The molecule has 1 aromatic carbocycles. The Morgan fingerprint density at radius 2 is 2.04 bits per heavy atom. The standard InChI is InChI=1S/C19H24N4O/c1-3-16-6-4-5-13-23(16)19-20-12-11-17(22-19)18(24)21-15-9-7-14(2)8-10-15/h7-12,16H,3-6,13H2,1-2H3,(H,21,24). The van der Waals surface area contributed by atoms with Crippen molar-refractivity contribution < 1.29 is 4.79 Å². The van der Waals surface area contributed by atoms with Crippen LogP contribution in [0.3, 0.4) is 0 Å². The fourth-order valence-corrected chi connectivity index (χ4v) is 3.13. The van der Waals surface area contributed by atoms with Crippen LogP contribution in [0.15, 0.2) is 36.5 Å². The number of nitrogens with one attached hydrogen (secondary N) is 1. The zero-order chi connectivity index (χ0) is 16.9. The summed E-state index contributed by atoms with van der Waals surface area (Å²) in [5, 5.41) is 2.89. The third-order valence-corrected chi connectivity index (χ3v) is 4.54. The Morgan fingerprint density at radius 3 is 2.79 bits per heavy atom. The molecule has 2 aromatic rings. The molecule has 24 heavy (non-hydrogen) atoms. The van der Waals surface area contributed by atoms with Gasteiger partial charge in [0.25, 0.3) is 5.91 Å². The summed E-state index contributed by atoms with van der Waals surface area (Å²) in [6.07, 6.45) is 6.32. The number of amides is 1. The van der Waals surface area contributed by atoms with E-state index in [9.17, 15) is 4.79 Å². The molecule has 1 unspecified atom stereocenters. The number of anilines is 2. The molecule has 1 aromatic heterocycles. The zero-order valence-electron chi connectivity index (χ0n) is 14.3. The van der Waals surface area contributed by atoms with Crippen LogP contribution in [0.5, 0.6) is 0 Å². The average Bonchev–Trinajstić information content (AvgIpc) is 2.63. The zero-order valence-corrected chi connectivity index (χ0v) is 14.3. The number of rotatable bonds is 4. The number of aromatic nitrogens is 2. The quantitative estimate of drug-likeness (QED) is 0.929. The number of carbonyl (C=O) groups excluding carboxylic acids is 1. The van der Waals surface area contributed by atoms with E-state index in [1.54, 1.807) is 12.3 Å². The smallest absolute Gasteiger partial charge is 0.274 e. The summed E-state index contributed by atoms with van der Waals surface area (Å²) in [6, 6.07) is 9.87. The molecule has 2 heterocycles. The molecule has 1 aliphatic rings. The Labute approximate surface area is 143 Å². The number of piperidine rings is 1. The van der Waals surface area contributed by atoms with Crippen molar-refractivity contribution in [1.29, 1.82) is 0 Å². The van der Waals surface area contributed by atoms with Gasteiger partial charge in [0.05, 0.1) is 0 Å². The lowest BCUT2D eigenvalue weighted by molar-refractivity contribution is 0.102. The minimum absolute atomic E-state index is 0.201. The fraction of sp³-hybridized carbons (Fsp3) is 0.421. The van der Waals surface area contributed by atoms with Gasteiger partial charge in [0.1, 0.15) is 5.69 Å². The van der Waals surface area contributed by atoms with Crippen LogP contribution in [0, 0.1) is 6.92 Å². The lowest BCUT2D eigenvalue weighted by atomic mass is 10.0. The molecule has 1 N–H and O–H groups in total. The Kier molecular flexibility index (Phi) is 5.08. The van der Waals surface area contributed by atoms with Gasteiger partial charge in [-0.05, 0) is 50.8 Å². The first-order valence-electron chi connectivity index (χ1n) is 8.65. The van der Waals surface area contributed by atoms with E-state index in [2.05, 4.69) is 27.1 Å². The van der Waals surface area contributed by atoms with E-state index >= 15 is 0 Å². The summed E-state index contributed by atoms with van der Waals surface area (Å²) in [6.45, 7) is 5.17. The lowest BCUT2D eigenvalue weighted by Crippen LogP contribution is -2.40. The van der Waals surface area contributed by atoms with Crippen LogP contribution in [0.4, 0.5) is 11.6 Å². The highest BCUT2D eigenvalue weighted by Gasteiger charge is 2.23. The van der Waals surface area contributed by atoms with E-state index < -0.39 is 0 Å². The highest BCUT2D eigenvalue weighted by atomic mass is 16.1. The maximum Gasteiger partial charge on any atom is 0.274 e. The van der Waals surface area contributed by atoms with Gasteiger partial charge in [0, 0.05) is 24.5 Å². The first kappa shape index (κ1) is 16.4. The molecule has 0 saturated carbocycles. The second-order valence-corrected chi connectivity index (χ2v) is 6.31. The predicted molar refractivity (Wildman–Crippen MR) is 96.4 cm³/mol. The molecule has 1 atom stereocenters. The molecule has 1 fully saturated rings. The summed E-state index contributed by atoms with van der Waals surface area (Å²) in [5.41, 5.74) is 2.34. The van der Waals surface area contributed by atoms with Gasteiger partial charge >= 0.3 is 0 Å². The maximum absolute atomic E-state index is 12.5. The molecule has 3 rings (SSSR count). The molecule has 0 bridgehead atoms. The summed E-state index contributed by atoms with van der Waals surface area (Å²) < 4.78 is 0. The Balaban J connectivity index is 1.76. The topological polar surface area (TPSA) is 58.1 Å². The van der Waals surface area contributed by atoms with Gasteiger partial charge in [-0.2, -0.15) is 0 Å². The number of aryl methyl sites for hydroxylation is 1. The summed E-state index contributed by atoms with van der Waals surface area (Å²) >= 11 is 0. The third-order valence-electron chi connectivity index (χ3n) is 4.54. The summed E-state index contributed by atoms with van der Waals surface area (Å²) in [5.74, 6) is 0.464. The van der Waals surface area contributed by atoms with Gasteiger partial charge < -0.3 is 10.2 Å². The van der Waals surface area contributed by atoms with Gasteiger partial charge in [-0.25, -0.2) is 9.97 Å². The predicted octanol–water partition coefficient (Wildman–Crippen LogP) is 3.81. The van der Waals surface area contributed by atoms with E-state index in [4.69, 9.17) is 0 Å². The van der Waals surface area contributed by atoms with Gasteiger partial charge in [0.2, 0.25) is 5.95 Å². The van der Waals surface area contributed by atoms with Gasteiger partial charge in [-0.15, -0.1) is 0 Å². The summed E-state index contributed by atoms with van der Waals surface area (Å²) in [4.78, 5) is 23.6. The van der Waals surface area contributed by atoms with Crippen LogP contribution >= 0.6 is 0 Å². The van der Waals surface area contributed by atoms with Crippen molar-refractivity contribution in [3.63, 3.8) is 0 Å². The molecule has 1 saturated heterocycles. The fourth-order valence-electron chi connectivity index (χ4n) is 3.13. The maximum atomic E-state index is 12.5. The minimum atomic E-state index is -0.201. The molecule has 1 aliphatic heterocycles. The van der Waals surface area contributed by atoms with E-state index in [1.165, 1.54) is 12.8 Å². The molecule has 5 nitrogen and oxygen atoms in total. The first-order chi connectivity index (χ1) is 11.7. The average molecular weight is 324 g/mol. The van der Waals surface area contributed by atoms with Crippen LogP contribution in [-0.4, -0.2) is 28.5 Å². The Hall–Kier alpha value is -2.43. The molecule has 0 spiro atoms. The lowest BCUT2D eigenvalue weighted by Gasteiger charge is -2.35. The monoisotopic (exact) mass is 324 g/mol. The van der Waals surface area contributed by atoms with Crippen LogP contribution in [-0.2, 0) is 0 Å². The first-order valence-corrected chi connectivity index (χ1v) is 8.65. The van der Waals surface area contributed by atoms with Gasteiger partial charge in [0.15, 0.2) is 0 Å². The molecule has 1 amide bonds. The van der Waals surface area contributed by atoms with Crippen molar-refractivity contribution in [3.05, 3.63) is 47.8 Å². The van der Waals surface area contributed by atoms with E-state index in [1.807, 2.05) is 31.2 Å². The Morgan fingerprint density at radius 1 is 1.25 bits per heavy atom. The molecular formula is C19H24N4O. The van der Waals surface area contributed by atoms with E-state index in [-0.39, 0.29) is 5.91 Å². The second-order valence-electron chi connectivity index (χ2n) is 6.31. The van der Waals surface area contributed by atoms with Crippen molar-refractivity contribution in [2.24, 2.45) is 0 Å². The number of carbonyl (C=O) groups is 1. The van der Waals surface area contributed by atoms with Crippen molar-refractivity contribution in [2.75, 3.05) is 16.8 Å². The van der Waals surface area contributed by atoms with Crippen LogP contribution in [0.2, 0.25) is 0 Å². The SMILES string of the molecule is CCC1CCCCN1c1nccc(C(=O)Nc2ccc(C)cc2)n1. The largest absolute Gasteiger partial charge is 0.338 e. The van der Waals surface area contributed by atoms with Gasteiger partial charge in [-0.1, -0.05) is 24.6 Å². The number of hydrogen-bond acceptors (Lipinski definition) is 4. The molecule has 5 heteroatoms. The van der Waals surface area contributed by atoms with Crippen LogP contribution in [0.25, 0.3) is 0 Å². The molecule has 126 valence electrons. The van der Waals surface area contributed by atoms with E-state index in [0.717, 1.165) is 30.6 Å². The Bertz CT molecular complexity index is 699. The van der Waals surface area contributed by atoms with Crippen molar-refractivity contribution in [2.45, 2.75) is 45.6 Å². The van der Waals surface area contributed by atoms with Gasteiger partial charge in [-0.3, -0.25) is 4.79 Å². The molecule has 0 aliphatic carbocycles. The highest BCUT2D eigenvalue weighted by Crippen LogP contribution is 2.23. The van der Waals surface area contributed by atoms with Crippen molar-refractivity contribution in [1.82, 2.24) is 9.97 Å². The van der Waals surface area contributed by atoms with Crippen LogP contribution < -0.4 is 10.2 Å². The number of benzene rings is 1.